The Bertz CT molecular complexity index is 51.8. The lowest BCUT2D eigenvalue weighted by molar-refractivity contribution is -0.410. The Morgan fingerprint density at radius 3 is 2.38 bits per heavy atom. The average molecular weight is 122 g/mol. The summed E-state index contributed by atoms with van der Waals surface area (Å²) >= 11 is 0. The Balaban J connectivity index is 2.86. The summed E-state index contributed by atoms with van der Waals surface area (Å²) < 4.78 is 0. The van der Waals surface area contributed by atoms with Gasteiger partial charge in [0.15, 0.2) is 0 Å². The molecule has 0 aromatic carbocycles. The quantitative estimate of drug-likeness (QED) is 0.508. The van der Waals surface area contributed by atoms with Gasteiger partial charge in [-0.15, -0.1) is 0 Å². The van der Waals surface area contributed by atoms with Gasteiger partial charge in [0.1, 0.15) is 0 Å². The van der Waals surface area contributed by atoms with E-state index in [2.05, 4.69) is 20.3 Å². The minimum Gasteiger partial charge on any atom is -0.279 e. The van der Waals surface area contributed by atoms with Crippen LogP contribution in [0, 0.1) is 0 Å². The second-order valence-electron chi connectivity index (χ2n) is 1.00. The van der Waals surface area contributed by atoms with Crippen molar-refractivity contribution in [2.75, 3.05) is 21.3 Å². The van der Waals surface area contributed by atoms with Crippen LogP contribution in [0.25, 0.3) is 0 Å². The summed E-state index contributed by atoms with van der Waals surface area (Å²) in [5, 5.41) is 1.10. The van der Waals surface area contributed by atoms with Crippen LogP contribution < -0.4 is 5.64 Å². The fraction of sp³-hybridized carbons (Fsp3) is 1.00. The van der Waals surface area contributed by atoms with Gasteiger partial charge >= 0.3 is 0 Å². The van der Waals surface area contributed by atoms with Crippen molar-refractivity contribution in [3.8, 4) is 0 Å². The molecule has 0 heterocycles. The largest absolute Gasteiger partial charge is 0.279 e. The van der Waals surface area contributed by atoms with Gasteiger partial charge in [-0.25, -0.2) is 0 Å². The molecule has 0 atom stereocenters. The molecule has 0 aromatic heterocycles. The Morgan fingerprint density at radius 2 is 2.00 bits per heavy atom. The van der Waals surface area contributed by atoms with Crippen LogP contribution >= 0.6 is 0 Å². The molecule has 0 amide bonds. The van der Waals surface area contributed by atoms with Gasteiger partial charge < -0.3 is 0 Å². The van der Waals surface area contributed by atoms with Gasteiger partial charge in [-0.2, -0.15) is 4.94 Å². The maximum Gasteiger partial charge on any atom is 0.0602 e. The van der Waals surface area contributed by atoms with E-state index in [1.165, 1.54) is 14.2 Å². The zero-order valence-corrected chi connectivity index (χ0v) is 5.17. The predicted molar refractivity (Wildman–Crippen MR) is 26.0 cm³/mol. The molecule has 0 aromatic rings. The molecular formula is C3H10N2O3. The second-order valence-corrected chi connectivity index (χ2v) is 1.00. The predicted octanol–water partition coefficient (Wildman–Crippen LogP) is -0.523. The summed E-state index contributed by atoms with van der Waals surface area (Å²) in [6.07, 6.45) is 0. The Morgan fingerprint density at radius 1 is 1.38 bits per heavy atom. The van der Waals surface area contributed by atoms with E-state index in [4.69, 9.17) is 0 Å². The summed E-state index contributed by atoms with van der Waals surface area (Å²) in [5.74, 6) is 0. The van der Waals surface area contributed by atoms with Crippen LogP contribution in [0.1, 0.15) is 0 Å². The maximum atomic E-state index is 4.52. The molecule has 0 spiro atoms. The first-order valence-corrected chi connectivity index (χ1v) is 2.04. The zero-order valence-electron chi connectivity index (χ0n) is 5.17. The highest BCUT2D eigenvalue weighted by atomic mass is 17.1. The molecule has 0 saturated carbocycles. The highest BCUT2D eigenvalue weighted by molar-refractivity contribution is 3.84. The van der Waals surface area contributed by atoms with Crippen LogP contribution in [0.2, 0.25) is 0 Å². The summed E-state index contributed by atoms with van der Waals surface area (Å²) in [7, 11) is 4.48. The fourth-order valence-corrected chi connectivity index (χ4v) is 0.127. The molecule has 50 valence electrons. The van der Waals surface area contributed by atoms with E-state index in [-0.39, 0.29) is 0 Å². The first-order chi connectivity index (χ1) is 3.81. The van der Waals surface area contributed by atoms with Crippen LogP contribution in [0.5, 0.6) is 0 Å². The third kappa shape index (κ3) is 3.97. The normalized spacial score (nSPS) is 10.5. The number of hydroxylamine groups is 2. The van der Waals surface area contributed by atoms with Gasteiger partial charge in [0.2, 0.25) is 0 Å². The summed E-state index contributed by atoms with van der Waals surface area (Å²) in [4.78, 5) is 13.3. The number of hydrogen-bond donors (Lipinski definition) is 1. The molecule has 0 aliphatic rings. The van der Waals surface area contributed by atoms with Gasteiger partial charge in [-0.05, 0) is 5.23 Å². The molecule has 1 N–H and O–H groups in total. The van der Waals surface area contributed by atoms with E-state index in [0.29, 0.717) is 0 Å². The lowest BCUT2D eigenvalue weighted by atomic mass is 11.5. The monoisotopic (exact) mass is 122 g/mol. The standard InChI is InChI=1S/C3H10N2O3/c1-5(7-3)8-4-6-2/h4H,1-3H3. The van der Waals surface area contributed by atoms with Gasteiger partial charge in [-0.1, -0.05) is 5.64 Å². The molecule has 0 bridgehead atoms. The number of rotatable bonds is 4. The molecule has 0 rings (SSSR count). The van der Waals surface area contributed by atoms with Gasteiger partial charge in [0.05, 0.1) is 14.2 Å². The minimum atomic E-state index is 1.10. The molecule has 5 heteroatoms. The molecule has 5 nitrogen and oxygen atoms in total. The van der Waals surface area contributed by atoms with Crippen LogP contribution in [0.3, 0.4) is 0 Å². The summed E-state index contributed by atoms with van der Waals surface area (Å²) in [6, 6.07) is 0. The molecule has 0 aliphatic carbocycles. The number of nitrogens with zero attached hydrogens (tertiary/aromatic N) is 1. The van der Waals surface area contributed by atoms with E-state index >= 15 is 0 Å². The van der Waals surface area contributed by atoms with Gasteiger partial charge in [-0.3, -0.25) is 9.68 Å². The molecule has 0 fully saturated rings. The first kappa shape index (κ1) is 7.80. The second kappa shape index (κ2) is 4.95. The van der Waals surface area contributed by atoms with Crippen molar-refractivity contribution in [2.24, 2.45) is 0 Å². The van der Waals surface area contributed by atoms with Crippen LogP contribution in [-0.4, -0.2) is 26.5 Å². The third-order valence-electron chi connectivity index (χ3n) is 0.506. The van der Waals surface area contributed by atoms with E-state index < -0.39 is 0 Å². The topological polar surface area (TPSA) is 43.0 Å². The lowest BCUT2D eigenvalue weighted by Crippen LogP contribution is -2.26. The first-order valence-electron chi connectivity index (χ1n) is 2.04. The Kier molecular flexibility index (Phi) is 4.82. The van der Waals surface area contributed by atoms with Crippen molar-refractivity contribution in [1.82, 2.24) is 10.9 Å². The third-order valence-corrected chi connectivity index (χ3v) is 0.506. The molecule has 0 unspecified atom stereocenters. The Labute approximate surface area is 47.9 Å². The minimum absolute atomic E-state index is 1.10. The van der Waals surface area contributed by atoms with E-state index in [1.807, 2.05) is 0 Å². The fourth-order valence-electron chi connectivity index (χ4n) is 0.127. The van der Waals surface area contributed by atoms with E-state index in [0.717, 1.165) is 5.23 Å². The molecule has 0 saturated heterocycles. The zero-order chi connectivity index (χ0) is 6.41. The van der Waals surface area contributed by atoms with E-state index in [9.17, 15) is 0 Å². The van der Waals surface area contributed by atoms with Crippen LogP contribution in [0.4, 0.5) is 0 Å². The lowest BCUT2D eigenvalue weighted by Gasteiger charge is -2.10. The number of nitrogens with one attached hydrogen (secondary N) is 1. The van der Waals surface area contributed by atoms with Crippen molar-refractivity contribution in [3.05, 3.63) is 0 Å². The van der Waals surface area contributed by atoms with Crippen molar-refractivity contribution >= 4 is 0 Å². The molecule has 0 radical (unpaired) electrons. The smallest absolute Gasteiger partial charge is 0.0602 e. The van der Waals surface area contributed by atoms with Crippen molar-refractivity contribution in [1.29, 1.82) is 0 Å². The molecular weight excluding hydrogens is 112 g/mol. The summed E-state index contributed by atoms with van der Waals surface area (Å²) in [5.41, 5.74) is 2.10. The summed E-state index contributed by atoms with van der Waals surface area (Å²) in [6.45, 7) is 0. The molecule has 0 aliphatic heterocycles. The highest BCUT2D eigenvalue weighted by Gasteiger charge is 1.89. The average Bonchev–Trinajstić information content (AvgIpc) is 1.83. The Hall–Kier alpha value is -0.200. The number of hydrogen-bond acceptors (Lipinski definition) is 5. The molecule has 8 heavy (non-hydrogen) atoms. The van der Waals surface area contributed by atoms with Gasteiger partial charge in [0, 0.05) is 7.05 Å². The van der Waals surface area contributed by atoms with Crippen molar-refractivity contribution in [2.45, 2.75) is 0 Å². The SMILES string of the molecule is CONON(C)OC. The van der Waals surface area contributed by atoms with Crippen molar-refractivity contribution in [3.63, 3.8) is 0 Å². The van der Waals surface area contributed by atoms with Crippen molar-refractivity contribution < 1.29 is 14.6 Å². The maximum absolute atomic E-state index is 4.52. The highest BCUT2D eigenvalue weighted by Crippen LogP contribution is 1.76. The van der Waals surface area contributed by atoms with Crippen LogP contribution in [-0.2, 0) is 14.6 Å². The van der Waals surface area contributed by atoms with Crippen LogP contribution in [0.15, 0.2) is 0 Å². The van der Waals surface area contributed by atoms with E-state index in [1.54, 1.807) is 7.05 Å². The van der Waals surface area contributed by atoms with Gasteiger partial charge in [0.25, 0.3) is 0 Å².